The van der Waals surface area contributed by atoms with Crippen LogP contribution in [0.3, 0.4) is 0 Å². The van der Waals surface area contributed by atoms with Crippen LogP contribution >= 0.6 is 0 Å². The van der Waals surface area contributed by atoms with Crippen LogP contribution in [-0.4, -0.2) is 69.8 Å². The number of nitrogens with two attached hydrogens (primary N) is 1. The van der Waals surface area contributed by atoms with Crippen molar-refractivity contribution in [1.82, 2.24) is 19.5 Å². The molecule has 0 unspecified atom stereocenters. The Kier molecular flexibility index (Phi) is 11.4. The summed E-state index contributed by atoms with van der Waals surface area (Å²) in [4.78, 5) is 40.7. The van der Waals surface area contributed by atoms with Crippen molar-refractivity contribution in [3.05, 3.63) is 163 Å². The lowest BCUT2D eigenvalue weighted by Crippen LogP contribution is -2.38. The summed E-state index contributed by atoms with van der Waals surface area (Å²) >= 11 is 0. The normalized spacial score (nSPS) is 16.3. The smallest absolute Gasteiger partial charge is 0.425 e. The number of fused-ring (bicyclic) bond motifs is 1. The lowest BCUT2D eigenvalue weighted by atomic mass is 9.80. The Morgan fingerprint density at radius 3 is 1.87 bits per heavy atom. The molecule has 0 spiro atoms. The zero-order valence-electron chi connectivity index (χ0n) is 32.6. The average molecular weight is 808 g/mol. The molecule has 15 nitrogen and oxygen atoms in total. The van der Waals surface area contributed by atoms with E-state index in [0.29, 0.717) is 22.9 Å². The van der Waals surface area contributed by atoms with Crippen molar-refractivity contribution in [3.8, 4) is 17.4 Å². The zero-order valence-corrected chi connectivity index (χ0v) is 32.6. The molecule has 3 amide bonds. The predicted octanol–water partition coefficient (Wildman–Crippen LogP) is 7.33. The number of methoxy groups -OCH3 is 2. The molecule has 0 aliphatic carbocycles. The van der Waals surface area contributed by atoms with Crippen LogP contribution in [0.4, 0.5) is 26.9 Å². The summed E-state index contributed by atoms with van der Waals surface area (Å²) in [6, 6.07) is 42.0. The molecular formula is C45H41N7O8. The van der Waals surface area contributed by atoms with Crippen molar-refractivity contribution in [3.63, 3.8) is 0 Å². The van der Waals surface area contributed by atoms with Crippen LogP contribution in [0.1, 0.15) is 29.3 Å². The van der Waals surface area contributed by atoms with Crippen LogP contribution in [0.5, 0.6) is 17.4 Å². The molecule has 7 aromatic rings. The minimum Gasteiger partial charge on any atom is -0.497 e. The minimum atomic E-state index is -1.16. The second kappa shape index (κ2) is 17.3. The topological polar surface area (TPSA) is 185 Å². The first-order valence-corrected chi connectivity index (χ1v) is 19.0. The number of para-hydroxylation sites is 2. The van der Waals surface area contributed by atoms with E-state index in [1.807, 2.05) is 91.0 Å². The van der Waals surface area contributed by atoms with Crippen LogP contribution < -0.4 is 30.2 Å². The maximum atomic E-state index is 14.0. The third-order valence-electron chi connectivity index (χ3n) is 10.2. The van der Waals surface area contributed by atoms with Gasteiger partial charge in [-0.3, -0.25) is 9.88 Å². The van der Waals surface area contributed by atoms with Gasteiger partial charge in [-0.15, -0.1) is 0 Å². The van der Waals surface area contributed by atoms with Crippen molar-refractivity contribution >= 4 is 40.6 Å². The van der Waals surface area contributed by atoms with E-state index in [9.17, 15) is 14.7 Å². The zero-order chi connectivity index (χ0) is 41.6. The fraction of sp³-hybridized carbons (Fsp3) is 0.178. The van der Waals surface area contributed by atoms with Gasteiger partial charge < -0.3 is 34.5 Å². The number of ether oxygens (including phenoxy) is 5. The summed E-state index contributed by atoms with van der Waals surface area (Å²) in [5, 5.41) is 13.9. The molecule has 2 aromatic heterocycles. The number of urea groups is 1. The standard InChI is InChI=1S/C45H41N7O8/c1-56-34-22-18-30(19-23-34)45(29-12-6-3-7-13-29,31-20-24-35(57-2)25-21-31)58-27-37-36(53)26-38(59-37)51-28-47-39-40(51)48-43(50-42(46)54)49-41(39)60-44(55)52(32-14-8-4-9-15-32)33-16-10-5-11-17-33/h3-25,28,36-38,53H,26-27H2,1-2H3,(H3,46,48,49,50,54)/t36-,37+,38+/m0/s1. The largest absolute Gasteiger partial charge is 0.497 e. The number of carbonyl (C=O) groups excluding carboxylic acids is 2. The Hall–Kier alpha value is -7.33. The van der Waals surface area contributed by atoms with Gasteiger partial charge >= 0.3 is 12.1 Å². The Morgan fingerprint density at radius 2 is 1.33 bits per heavy atom. The molecule has 60 heavy (non-hydrogen) atoms. The monoisotopic (exact) mass is 807 g/mol. The van der Waals surface area contributed by atoms with Crippen molar-refractivity contribution in [2.24, 2.45) is 5.73 Å². The number of carbonyl (C=O) groups is 2. The number of benzene rings is 5. The first-order chi connectivity index (χ1) is 29.3. The van der Waals surface area contributed by atoms with Gasteiger partial charge in [-0.05, 0) is 65.2 Å². The van der Waals surface area contributed by atoms with Gasteiger partial charge in [-0.2, -0.15) is 9.97 Å². The minimum absolute atomic E-state index is 0.0433. The van der Waals surface area contributed by atoms with E-state index in [2.05, 4.69) is 20.3 Å². The summed E-state index contributed by atoms with van der Waals surface area (Å²) in [6.07, 6.45) is -1.85. The van der Waals surface area contributed by atoms with Crippen LogP contribution in [-0.2, 0) is 15.1 Å². The Bertz CT molecular complexity index is 2470. The quantitative estimate of drug-likeness (QED) is 0.0991. The molecule has 3 atom stereocenters. The van der Waals surface area contributed by atoms with E-state index in [0.717, 1.165) is 16.7 Å². The summed E-state index contributed by atoms with van der Waals surface area (Å²) in [5.74, 6) is 0.882. The van der Waals surface area contributed by atoms with Crippen LogP contribution in [0.2, 0.25) is 0 Å². The molecule has 304 valence electrons. The molecule has 5 aromatic carbocycles. The van der Waals surface area contributed by atoms with E-state index in [1.165, 1.54) is 11.2 Å². The van der Waals surface area contributed by atoms with E-state index >= 15 is 0 Å². The second-order valence-corrected chi connectivity index (χ2v) is 13.8. The molecule has 1 saturated heterocycles. The highest BCUT2D eigenvalue weighted by Crippen LogP contribution is 2.43. The number of aliphatic hydroxyl groups is 1. The SMILES string of the molecule is COc1ccc(C(OC[C@H]2O[C@@H](n3cnc4c(OC(=O)N(c5ccccc5)c5ccccc5)nc(NC(N)=O)nc43)C[C@@H]2O)(c2ccccc2)c2ccc(OC)cc2)cc1. The summed E-state index contributed by atoms with van der Waals surface area (Å²) < 4.78 is 32.0. The van der Waals surface area contributed by atoms with Crippen LogP contribution in [0.15, 0.2) is 146 Å². The average Bonchev–Trinajstić information content (AvgIpc) is 3.88. The predicted molar refractivity (Wildman–Crippen MR) is 222 cm³/mol. The third-order valence-corrected chi connectivity index (χ3v) is 10.2. The van der Waals surface area contributed by atoms with Gasteiger partial charge in [0.05, 0.1) is 44.6 Å². The first-order valence-electron chi connectivity index (χ1n) is 19.0. The van der Waals surface area contributed by atoms with Crippen LogP contribution in [0, 0.1) is 0 Å². The molecule has 1 aliphatic heterocycles. The lowest BCUT2D eigenvalue weighted by molar-refractivity contribution is -0.0931. The highest BCUT2D eigenvalue weighted by Gasteiger charge is 2.42. The molecule has 0 radical (unpaired) electrons. The fourth-order valence-corrected chi connectivity index (χ4v) is 7.30. The number of amides is 3. The van der Waals surface area contributed by atoms with E-state index < -0.39 is 36.2 Å². The van der Waals surface area contributed by atoms with E-state index in [-0.39, 0.29) is 36.0 Å². The molecule has 1 aliphatic rings. The maximum Gasteiger partial charge on any atom is 0.425 e. The molecule has 3 heterocycles. The molecule has 0 bridgehead atoms. The number of aliphatic hydroxyl groups excluding tert-OH is 1. The number of anilines is 3. The summed E-state index contributed by atoms with van der Waals surface area (Å²) in [7, 11) is 3.22. The van der Waals surface area contributed by atoms with Gasteiger partial charge in [0.1, 0.15) is 29.4 Å². The first kappa shape index (κ1) is 39.5. The number of rotatable bonds is 13. The number of aromatic nitrogens is 4. The number of nitrogens with one attached hydrogen (secondary N) is 1. The number of hydrogen-bond acceptors (Lipinski definition) is 11. The van der Waals surface area contributed by atoms with Gasteiger partial charge in [0.15, 0.2) is 11.2 Å². The molecule has 15 heteroatoms. The number of nitrogens with zero attached hydrogens (tertiary/aromatic N) is 5. The van der Waals surface area contributed by atoms with E-state index in [4.69, 9.17) is 29.4 Å². The van der Waals surface area contributed by atoms with Crippen molar-refractivity contribution in [2.75, 3.05) is 31.0 Å². The molecule has 1 fully saturated rings. The van der Waals surface area contributed by atoms with E-state index in [1.54, 1.807) is 67.3 Å². The Balaban J connectivity index is 1.11. The second-order valence-electron chi connectivity index (χ2n) is 13.8. The Labute approximate surface area is 344 Å². The third kappa shape index (κ3) is 7.92. The van der Waals surface area contributed by atoms with Crippen LogP contribution in [0.25, 0.3) is 11.2 Å². The number of imidazole rings is 1. The van der Waals surface area contributed by atoms with Crippen molar-refractivity contribution in [2.45, 2.75) is 30.5 Å². The van der Waals surface area contributed by atoms with Crippen molar-refractivity contribution < 1.29 is 38.4 Å². The van der Waals surface area contributed by atoms with Gasteiger partial charge in [0.2, 0.25) is 5.95 Å². The lowest BCUT2D eigenvalue weighted by Gasteiger charge is -2.37. The summed E-state index contributed by atoms with van der Waals surface area (Å²) in [6.45, 7) is -0.0433. The maximum absolute atomic E-state index is 14.0. The van der Waals surface area contributed by atoms with Crippen molar-refractivity contribution in [1.29, 1.82) is 0 Å². The van der Waals surface area contributed by atoms with Gasteiger partial charge in [-0.1, -0.05) is 91.0 Å². The molecule has 8 rings (SSSR count). The summed E-state index contributed by atoms with van der Waals surface area (Å²) in [5.41, 5.74) is 8.11. The molecule has 0 saturated carbocycles. The fourth-order valence-electron chi connectivity index (χ4n) is 7.30. The molecular weight excluding hydrogens is 767 g/mol. The number of primary amides is 1. The molecule has 4 N–H and O–H groups in total. The van der Waals surface area contributed by atoms with Gasteiger partial charge in [0, 0.05) is 6.42 Å². The van der Waals surface area contributed by atoms with Gasteiger partial charge in [-0.25, -0.2) is 19.5 Å². The van der Waals surface area contributed by atoms with Gasteiger partial charge in [0.25, 0.3) is 5.88 Å². The highest BCUT2D eigenvalue weighted by molar-refractivity contribution is 5.98. The number of hydrogen-bond donors (Lipinski definition) is 3. The Morgan fingerprint density at radius 1 is 0.800 bits per heavy atom. The highest BCUT2D eigenvalue weighted by atomic mass is 16.6.